The number of rotatable bonds is 10. The molecule has 1 saturated carbocycles. The summed E-state index contributed by atoms with van der Waals surface area (Å²) in [5.74, 6) is 0.201. The van der Waals surface area contributed by atoms with Crippen LogP contribution in [0.1, 0.15) is 76.3 Å². The summed E-state index contributed by atoms with van der Waals surface area (Å²) in [4.78, 5) is 14.7. The van der Waals surface area contributed by atoms with Crippen molar-refractivity contribution >= 4 is 11.3 Å². The van der Waals surface area contributed by atoms with Crippen molar-refractivity contribution in [3.8, 4) is 5.75 Å². The number of thiophene rings is 1. The largest absolute Gasteiger partial charge is 0.507 e. The minimum Gasteiger partial charge on any atom is -0.507 e. The molecule has 0 spiro atoms. The van der Waals surface area contributed by atoms with Crippen LogP contribution in [0.2, 0.25) is 0 Å². The predicted octanol–water partition coefficient (Wildman–Crippen LogP) is 4.20. The number of aliphatic hydroxyl groups excluding tert-OH is 3. The van der Waals surface area contributed by atoms with E-state index in [-0.39, 0.29) is 42.3 Å². The van der Waals surface area contributed by atoms with E-state index in [9.17, 15) is 25.2 Å². The van der Waals surface area contributed by atoms with Gasteiger partial charge in [0.15, 0.2) is 0 Å². The molecule has 1 unspecified atom stereocenters. The van der Waals surface area contributed by atoms with Crippen LogP contribution >= 0.6 is 11.3 Å². The molecule has 176 valence electrons. The molecule has 1 aliphatic carbocycles. The van der Waals surface area contributed by atoms with E-state index in [2.05, 4.69) is 0 Å². The Morgan fingerprint density at radius 2 is 1.79 bits per heavy atom. The van der Waals surface area contributed by atoms with Crippen molar-refractivity contribution in [3.63, 3.8) is 0 Å². The Balaban J connectivity index is 1.67. The van der Waals surface area contributed by atoms with Gasteiger partial charge in [-0.05, 0) is 54.9 Å². The lowest BCUT2D eigenvalue weighted by Gasteiger charge is -2.19. The van der Waals surface area contributed by atoms with E-state index in [0.717, 1.165) is 28.8 Å². The van der Waals surface area contributed by atoms with Crippen LogP contribution in [-0.4, -0.2) is 27.0 Å². The molecule has 3 atom stereocenters. The van der Waals surface area contributed by atoms with Gasteiger partial charge < -0.3 is 24.8 Å². The van der Waals surface area contributed by atoms with Crippen molar-refractivity contribution in [1.29, 1.82) is 0 Å². The zero-order valence-corrected chi connectivity index (χ0v) is 19.4. The molecule has 2 heterocycles. The lowest BCUT2D eigenvalue weighted by Crippen LogP contribution is -2.17. The van der Waals surface area contributed by atoms with Crippen molar-refractivity contribution in [2.75, 3.05) is 6.61 Å². The first-order valence-corrected chi connectivity index (χ1v) is 12.2. The van der Waals surface area contributed by atoms with Gasteiger partial charge >= 0.3 is 5.63 Å². The maximum atomic E-state index is 13.1. The SMILES string of the molecule is CC[C@H](Cc1ccccc1CO)c1cc(O)c(C(c2ccc([C@@H](O)CO)s2)C2CC2)c(=O)o1. The Morgan fingerprint density at radius 1 is 1.09 bits per heavy atom. The van der Waals surface area contributed by atoms with Crippen molar-refractivity contribution in [1.82, 2.24) is 0 Å². The molecule has 1 aromatic carbocycles. The smallest absolute Gasteiger partial charge is 0.343 e. The highest BCUT2D eigenvalue weighted by Gasteiger charge is 2.38. The first-order chi connectivity index (χ1) is 16.0. The van der Waals surface area contributed by atoms with Crippen LogP contribution in [0.3, 0.4) is 0 Å². The van der Waals surface area contributed by atoms with E-state index >= 15 is 0 Å². The van der Waals surface area contributed by atoms with Gasteiger partial charge in [0.25, 0.3) is 0 Å². The van der Waals surface area contributed by atoms with E-state index in [1.165, 1.54) is 11.3 Å². The Bertz CT molecular complexity index is 1150. The second-order valence-corrected chi connectivity index (χ2v) is 9.87. The molecule has 1 fully saturated rings. The molecule has 6 nitrogen and oxygen atoms in total. The topological polar surface area (TPSA) is 111 Å². The lowest BCUT2D eigenvalue weighted by atomic mass is 9.89. The minimum absolute atomic E-state index is 0.0579. The van der Waals surface area contributed by atoms with Crippen LogP contribution < -0.4 is 5.63 Å². The first-order valence-electron chi connectivity index (χ1n) is 11.4. The third-order valence-electron chi connectivity index (χ3n) is 6.50. The average molecular weight is 471 g/mol. The summed E-state index contributed by atoms with van der Waals surface area (Å²) in [6, 6.07) is 12.8. The van der Waals surface area contributed by atoms with Crippen molar-refractivity contribution in [2.45, 2.75) is 57.2 Å². The van der Waals surface area contributed by atoms with Gasteiger partial charge in [-0.15, -0.1) is 11.3 Å². The van der Waals surface area contributed by atoms with Crippen LogP contribution in [-0.2, 0) is 13.0 Å². The van der Waals surface area contributed by atoms with E-state index < -0.39 is 11.7 Å². The molecule has 0 aliphatic heterocycles. The maximum absolute atomic E-state index is 13.1. The van der Waals surface area contributed by atoms with Gasteiger partial charge in [-0.3, -0.25) is 0 Å². The second-order valence-electron chi connectivity index (χ2n) is 8.72. The van der Waals surface area contributed by atoms with E-state index in [0.29, 0.717) is 23.5 Å². The lowest BCUT2D eigenvalue weighted by molar-refractivity contribution is 0.0984. The van der Waals surface area contributed by atoms with Gasteiger partial charge in [0.2, 0.25) is 0 Å². The molecular formula is C26H30O6S. The van der Waals surface area contributed by atoms with E-state index in [1.54, 1.807) is 12.1 Å². The molecule has 4 rings (SSSR count). The quantitative estimate of drug-likeness (QED) is 0.353. The van der Waals surface area contributed by atoms with Gasteiger partial charge in [-0.2, -0.15) is 0 Å². The summed E-state index contributed by atoms with van der Waals surface area (Å²) < 4.78 is 5.78. The Morgan fingerprint density at radius 3 is 2.39 bits per heavy atom. The van der Waals surface area contributed by atoms with Gasteiger partial charge in [-0.25, -0.2) is 4.79 Å². The van der Waals surface area contributed by atoms with Crippen LogP contribution in [0.25, 0.3) is 0 Å². The van der Waals surface area contributed by atoms with Crippen LogP contribution in [0.5, 0.6) is 5.75 Å². The molecule has 4 N–H and O–H groups in total. The minimum atomic E-state index is -0.955. The fourth-order valence-electron chi connectivity index (χ4n) is 4.46. The monoisotopic (exact) mass is 470 g/mol. The molecule has 0 bridgehead atoms. The fraction of sp³-hybridized carbons (Fsp3) is 0.423. The summed E-state index contributed by atoms with van der Waals surface area (Å²) in [6.07, 6.45) is 2.26. The van der Waals surface area contributed by atoms with Crippen molar-refractivity contribution < 1.29 is 24.8 Å². The van der Waals surface area contributed by atoms with Crippen molar-refractivity contribution in [2.24, 2.45) is 5.92 Å². The standard InChI is InChI=1S/C26H30O6S/c1-2-15(11-17-5-3-4-6-18(17)13-27)21-12-19(29)25(26(31)32-21)24(16-7-8-16)23-10-9-22(33-23)20(30)14-28/h3-6,9-10,12,15-16,20,24,27-30H,2,7-8,11,13-14H2,1H3/t15-,20+,24?/m1/s1. The normalized spacial score (nSPS) is 16.5. The molecule has 1 aliphatic rings. The number of aliphatic hydroxyl groups is 3. The summed E-state index contributed by atoms with van der Waals surface area (Å²) in [5.41, 5.74) is 1.56. The maximum Gasteiger partial charge on any atom is 0.343 e. The number of hydrogen-bond donors (Lipinski definition) is 4. The van der Waals surface area contributed by atoms with E-state index in [4.69, 9.17) is 4.42 Å². The molecule has 0 saturated heterocycles. The van der Waals surface area contributed by atoms with Gasteiger partial charge in [0, 0.05) is 27.7 Å². The number of benzene rings is 1. The highest BCUT2D eigenvalue weighted by Crippen LogP contribution is 2.49. The second kappa shape index (κ2) is 10.2. The third-order valence-corrected chi connectivity index (χ3v) is 7.77. The van der Waals surface area contributed by atoms with Crippen molar-refractivity contribution in [3.05, 3.63) is 85.1 Å². The summed E-state index contributed by atoms with van der Waals surface area (Å²) in [7, 11) is 0. The molecule has 0 radical (unpaired) electrons. The fourth-order valence-corrected chi connectivity index (χ4v) is 5.66. The molecular weight excluding hydrogens is 440 g/mol. The number of aromatic hydroxyl groups is 1. The molecule has 2 aromatic heterocycles. The van der Waals surface area contributed by atoms with Gasteiger partial charge in [0.05, 0.1) is 18.8 Å². The molecule has 3 aromatic rings. The molecule has 0 amide bonds. The average Bonchev–Trinajstić information content (AvgIpc) is 3.54. The van der Waals surface area contributed by atoms with E-state index in [1.807, 2.05) is 37.3 Å². The number of hydrogen-bond acceptors (Lipinski definition) is 7. The zero-order valence-electron chi connectivity index (χ0n) is 18.6. The van der Waals surface area contributed by atoms with Crippen LogP contribution in [0, 0.1) is 5.92 Å². The van der Waals surface area contributed by atoms with Gasteiger partial charge in [-0.1, -0.05) is 31.2 Å². The predicted molar refractivity (Wildman–Crippen MR) is 127 cm³/mol. The Kier molecular flexibility index (Phi) is 7.34. The molecule has 33 heavy (non-hydrogen) atoms. The third kappa shape index (κ3) is 5.06. The van der Waals surface area contributed by atoms with Gasteiger partial charge in [0.1, 0.15) is 17.6 Å². The van der Waals surface area contributed by atoms with Crippen LogP contribution in [0.15, 0.2) is 51.7 Å². The summed E-state index contributed by atoms with van der Waals surface area (Å²) in [6.45, 7) is 1.58. The Labute approximate surface area is 196 Å². The highest BCUT2D eigenvalue weighted by atomic mass is 32.1. The summed E-state index contributed by atoms with van der Waals surface area (Å²) in [5, 5.41) is 39.8. The first kappa shape index (κ1) is 23.7. The highest BCUT2D eigenvalue weighted by molar-refractivity contribution is 7.12. The molecule has 7 heteroatoms. The summed E-state index contributed by atoms with van der Waals surface area (Å²) >= 11 is 1.35. The van der Waals surface area contributed by atoms with Crippen LogP contribution in [0.4, 0.5) is 0 Å². The zero-order chi connectivity index (χ0) is 23.5. The Hall–Kier alpha value is -2.45.